The molecule has 0 aliphatic carbocycles. The highest BCUT2D eigenvalue weighted by molar-refractivity contribution is 9.10. The Morgan fingerprint density at radius 3 is 1.16 bits per heavy atom. The second kappa shape index (κ2) is 26.4. The van der Waals surface area contributed by atoms with Crippen molar-refractivity contribution in [2.45, 2.75) is 41.0 Å². The van der Waals surface area contributed by atoms with Crippen molar-refractivity contribution < 1.29 is 58.0 Å². The van der Waals surface area contributed by atoms with Crippen LogP contribution in [0.2, 0.25) is 0 Å². The number of carbonyl (C=O) groups excluding carboxylic acids is 6. The van der Waals surface area contributed by atoms with Gasteiger partial charge in [-0.3, -0.25) is 0 Å². The van der Waals surface area contributed by atoms with Crippen LogP contribution in [0.3, 0.4) is 0 Å². The summed E-state index contributed by atoms with van der Waals surface area (Å²) in [6.07, 6.45) is 1.53. The van der Waals surface area contributed by atoms with Crippen LogP contribution >= 0.6 is 15.9 Å². The molecule has 9 aromatic rings. The molecule has 12 nitrogen and oxygen atoms in total. The molecule has 0 saturated carbocycles. The molecule has 9 rings (SSSR count). The van der Waals surface area contributed by atoms with Crippen LogP contribution in [0.5, 0.6) is 0 Å². The van der Waals surface area contributed by atoms with Gasteiger partial charge in [-0.15, -0.1) is 0 Å². The Hall–Kier alpha value is -8.86. The van der Waals surface area contributed by atoms with Gasteiger partial charge in [0.05, 0.1) is 35.5 Å². The third kappa shape index (κ3) is 14.6. The molecule has 0 amide bonds. The highest BCUT2D eigenvalue weighted by Crippen LogP contribution is 2.32. The molecule has 0 fully saturated rings. The van der Waals surface area contributed by atoms with E-state index < -0.39 is 23.9 Å². The number of hydrogen-bond acceptors (Lipinski definition) is 10. The third-order valence-corrected chi connectivity index (χ3v) is 11.9. The number of rotatable bonds is 9. The maximum Gasteiger partial charge on any atom is 0.373 e. The van der Waals surface area contributed by atoms with Crippen molar-refractivity contribution in [3.8, 4) is 22.3 Å². The smallest absolute Gasteiger partial charge is 0.373 e. The Morgan fingerprint density at radius 2 is 0.753 bits per heavy atom. The lowest BCUT2D eigenvalue weighted by molar-refractivity contribution is -0.193. The fraction of sp³-hybridized carbons (Fsp3) is 0.133. The number of ether oxygens (including phenoxy) is 2. The molecule has 0 unspecified atom stereocenters. The summed E-state index contributed by atoms with van der Waals surface area (Å²) in [7, 11) is 0. The summed E-state index contributed by atoms with van der Waals surface area (Å²) in [5.41, 5.74) is 7.94. The van der Waals surface area contributed by atoms with Gasteiger partial charge in [0.1, 0.15) is 0 Å². The second-order valence-corrected chi connectivity index (χ2v) is 17.2. The Kier molecular flexibility index (Phi) is 19.9. The summed E-state index contributed by atoms with van der Waals surface area (Å²) >= 11 is 3.14. The van der Waals surface area contributed by atoms with Crippen LogP contribution in [0.4, 0.5) is 0 Å². The van der Waals surface area contributed by atoms with Gasteiger partial charge in [0.2, 0.25) is 0 Å². The van der Waals surface area contributed by atoms with Crippen molar-refractivity contribution >= 4 is 95.2 Å². The third-order valence-electron chi connectivity index (χ3n) is 11.4. The lowest BCUT2D eigenvalue weighted by Crippen LogP contribution is -2.11. The van der Waals surface area contributed by atoms with Crippen molar-refractivity contribution in [1.82, 2.24) is 0 Å². The Labute approximate surface area is 428 Å². The normalized spacial score (nSPS) is 10.1. The van der Waals surface area contributed by atoms with Gasteiger partial charge < -0.3 is 19.7 Å². The minimum Gasteiger partial charge on any atom is -0.478 e. The highest BCUT2D eigenvalue weighted by Gasteiger charge is 2.20. The molecule has 9 aromatic carbocycles. The molecule has 0 spiro atoms. The molecule has 0 aromatic heterocycles. The average Bonchev–Trinajstić information content (AvgIpc) is 3.38. The zero-order chi connectivity index (χ0) is 53.2. The maximum absolute atomic E-state index is 12.2. The van der Waals surface area contributed by atoms with E-state index in [-0.39, 0.29) is 47.8 Å². The lowest BCUT2D eigenvalue weighted by atomic mass is 9.94. The van der Waals surface area contributed by atoms with Gasteiger partial charge in [-0.05, 0) is 172 Å². The van der Waals surface area contributed by atoms with E-state index in [2.05, 4.69) is 146 Å². The van der Waals surface area contributed by atoms with Crippen LogP contribution in [0.15, 0.2) is 162 Å². The molecular formula is C60H49BrO12. The van der Waals surface area contributed by atoms with Crippen LogP contribution in [-0.4, -0.2) is 59.6 Å². The van der Waals surface area contributed by atoms with E-state index in [4.69, 9.17) is 33.8 Å². The van der Waals surface area contributed by atoms with E-state index in [1.807, 2.05) is 12.1 Å². The monoisotopic (exact) mass is 1040 g/mol. The second-order valence-electron chi connectivity index (χ2n) is 16.2. The number of fused-ring (bicyclic) bond motifs is 4. The molecule has 0 bridgehead atoms. The zero-order valence-corrected chi connectivity index (χ0v) is 42.1. The van der Waals surface area contributed by atoms with Crippen LogP contribution in [0, 0.1) is 13.8 Å². The molecule has 0 aliphatic rings. The molecule has 0 radical (unpaired) electrons. The quantitative estimate of drug-likeness (QED) is 0.103. The SMILES string of the molecule is CCOC(=O)c1ccc(-c2ccc3cc4cc(-c5ccc(CC)cc5)ccc4cc3c2)cc1C(=O)O.CCOC(=O)c1ccc(Br)cc1C(=O)O.Cc1ccc2cc3cc(C)ccc3cc2c1.O=C=O.O=C=O. The molecule has 0 saturated heterocycles. The van der Waals surface area contributed by atoms with E-state index in [1.54, 1.807) is 26.0 Å². The van der Waals surface area contributed by atoms with E-state index >= 15 is 0 Å². The molecule has 13 heteroatoms. The number of carboxylic acids is 2. The van der Waals surface area contributed by atoms with Gasteiger partial charge in [-0.25, -0.2) is 19.2 Å². The van der Waals surface area contributed by atoms with Gasteiger partial charge in [0.25, 0.3) is 0 Å². The summed E-state index contributed by atoms with van der Waals surface area (Å²) in [4.78, 5) is 78.7. The largest absolute Gasteiger partial charge is 0.478 e. The first-order valence-corrected chi connectivity index (χ1v) is 23.6. The predicted octanol–water partition coefficient (Wildman–Crippen LogP) is 13.5. The Morgan fingerprint density at radius 1 is 0.411 bits per heavy atom. The van der Waals surface area contributed by atoms with Gasteiger partial charge >= 0.3 is 36.2 Å². The van der Waals surface area contributed by atoms with E-state index in [9.17, 15) is 24.3 Å². The van der Waals surface area contributed by atoms with Gasteiger partial charge in [0.15, 0.2) is 0 Å². The number of esters is 2. The summed E-state index contributed by atoms with van der Waals surface area (Å²) < 4.78 is 10.4. The van der Waals surface area contributed by atoms with Gasteiger partial charge in [0, 0.05) is 4.47 Å². The minimum atomic E-state index is -1.16. The summed E-state index contributed by atoms with van der Waals surface area (Å²) in [6.45, 7) is 10.2. The Bertz CT molecular complexity index is 3480. The first-order valence-electron chi connectivity index (χ1n) is 22.8. The molecule has 0 atom stereocenters. The lowest BCUT2D eigenvalue weighted by Gasteiger charge is -2.10. The first-order chi connectivity index (χ1) is 35.1. The molecule has 0 aliphatic heterocycles. The van der Waals surface area contributed by atoms with Crippen LogP contribution in [-0.2, 0) is 35.1 Å². The van der Waals surface area contributed by atoms with Crippen LogP contribution < -0.4 is 0 Å². The number of aromatic carboxylic acids is 2. The van der Waals surface area contributed by atoms with Crippen LogP contribution in [0.1, 0.15) is 78.9 Å². The number of carboxylic acid groups (broad SMARTS) is 2. The standard InChI is InChI=1S/C32H26O4.C16H14.C10H9BrO4.2CO2/c1-3-20-5-7-21(8-6-20)22-9-11-24-18-28-16-23(10-12-25(28)17-27(24)15-22)26-13-14-29(32(35)36-4-2)30(19-26)31(33)34;1-11-3-5-13-10-16-8-12(2)4-6-14(16)9-15(13)7-11;1-2-15-10(14)7-4-3-6(11)5-8(7)9(12)13;2*2-1-3/h5-19H,3-4H2,1-2H3,(H,33,34);3-10H,1-2H3;3-5H,2H2,1H3,(H,12,13);;. The van der Waals surface area contributed by atoms with E-state index in [1.165, 1.54) is 79.0 Å². The predicted molar refractivity (Wildman–Crippen MR) is 283 cm³/mol. The molecule has 0 heterocycles. The van der Waals surface area contributed by atoms with Gasteiger partial charge in [-0.2, -0.15) is 19.2 Å². The Balaban J connectivity index is 0.000000220. The number of hydrogen-bond donors (Lipinski definition) is 2. The van der Waals surface area contributed by atoms with Crippen molar-refractivity contribution in [3.05, 3.63) is 201 Å². The molecule has 2 N–H and O–H groups in total. The summed E-state index contributed by atoms with van der Waals surface area (Å²) in [5.74, 6) is -3.57. The van der Waals surface area contributed by atoms with Crippen molar-refractivity contribution in [2.24, 2.45) is 0 Å². The van der Waals surface area contributed by atoms with Crippen molar-refractivity contribution in [3.63, 3.8) is 0 Å². The topological polar surface area (TPSA) is 195 Å². The number of aryl methyl sites for hydroxylation is 3. The number of benzene rings is 9. The molecule has 73 heavy (non-hydrogen) atoms. The highest BCUT2D eigenvalue weighted by atomic mass is 79.9. The number of halogens is 1. The first kappa shape index (κ1) is 55.1. The average molecular weight is 1040 g/mol. The fourth-order valence-corrected chi connectivity index (χ4v) is 8.25. The fourth-order valence-electron chi connectivity index (χ4n) is 7.89. The van der Waals surface area contributed by atoms with E-state index in [0.29, 0.717) is 4.47 Å². The van der Waals surface area contributed by atoms with Gasteiger partial charge in [-0.1, -0.05) is 125 Å². The molecule has 368 valence electrons. The maximum atomic E-state index is 12.2. The van der Waals surface area contributed by atoms with Crippen LogP contribution in [0.25, 0.3) is 65.3 Å². The summed E-state index contributed by atoms with van der Waals surface area (Å²) in [5, 5.41) is 28.3. The van der Waals surface area contributed by atoms with Crippen molar-refractivity contribution in [1.29, 1.82) is 0 Å². The zero-order valence-electron chi connectivity index (χ0n) is 40.5. The van der Waals surface area contributed by atoms with Crippen molar-refractivity contribution in [2.75, 3.05) is 13.2 Å². The van der Waals surface area contributed by atoms with E-state index in [0.717, 1.165) is 33.7 Å². The summed E-state index contributed by atoms with van der Waals surface area (Å²) in [6, 6.07) is 52.6. The minimum absolute atomic E-state index is 0.0556. The molecular weight excluding hydrogens is 993 g/mol. The number of carbonyl (C=O) groups is 4.